The number of nitrogens with zero attached hydrogens (tertiary/aromatic N) is 3. The molecule has 2 saturated heterocycles. The molecule has 1 aliphatic carbocycles. The van der Waals surface area contributed by atoms with Crippen molar-refractivity contribution < 1.29 is 14.3 Å². The normalized spacial score (nSPS) is 24.9. The van der Waals surface area contributed by atoms with Gasteiger partial charge < -0.3 is 14.5 Å². The molecule has 4 rings (SSSR count). The maximum absolute atomic E-state index is 13.3. The van der Waals surface area contributed by atoms with Gasteiger partial charge in [-0.2, -0.15) is 0 Å². The number of piperazine rings is 1. The summed E-state index contributed by atoms with van der Waals surface area (Å²) >= 11 is 0. The Balaban J connectivity index is 1.26. The van der Waals surface area contributed by atoms with Crippen LogP contribution in [0.4, 0.5) is 4.79 Å². The minimum Gasteiger partial charge on any atom is -0.444 e. The van der Waals surface area contributed by atoms with Gasteiger partial charge in [-0.05, 0) is 70.8 Å². The Morgan fingerprint density at radius 3 is 2.11 bits per heavy atom. The van der Waals surface area contributed by atoms with Gasteiger partial charge in [-0.3, -0.25) is 9.69 Å². The van der Waals surface area contributed by atoms with Gasteiger partial charge in [0.25, 0.3) is 0 Å². The fourth-order valence-electron chi connectivity index (χ4n) is 6.12. The summed E-state index contributed by atoms with van der Waals surface area (Å²) in [7, 11) is 0. The molecule has 2 unspecified atom stereocenters. The number of piperidine rings is 1. The van der Waals surface area contributed by atoms with Crippen LogP contribution in [0, 0.1) is 12.8 Å². The number of benzene rings is 1. The van der Waals surface area contributed by atoms with E-state index in [4.69, 9.17) is 4.74 Å². The summed E-state index contributed by atoms with van der Waals surface area (Å²) in [5.41, 5.74) is 2.26. The molecule has 0 aromatic heterocycles. The number of likely N-dealkylation sites (tertiary alicyclic amines) is 1. The predicted molar refractivity (Wildman–Crippen MR) is 139 cm³/mol. The maximum atomic E-state index is 13.3. The van der Waals surface area contributed by atoms with Gasteiger partial charge in [0, 0.05) is 51.7 Å². The highest BCUT2D eigenvalue weighted by molar-refractivity contribution is 5.76. The largest absolute Gasteiger partial charge is 0.444 e. The topological polar surface area (TPSA) is 53.1 Å². The molecule has 0 N–H and O–H groups in total. The molecule has 0 radical (unpaired) electrons. The van der Waals surface area contributed by atoms with Gasteiger partial charge >= 0.3 is 6.09 Å². The van der Waals surface area contributed by atoms with Crippen LogP contribution in [0.3, 0.4) is 0 Å². The van der Waals surface area contributed by atoms with Crippen LogP contribution in [-0.4, -0.2) is 77.6 Å². The highest BCUT2D eigenvalue weighted by atomic mass is 16.6. The summed E-state index contributed by atoms with van der Waals surface area (Å²) in [6, 6.07) is 9.37. The first-order valence-corrected chi connectivity index (χ1v) is 13.8. The van der Waals surface area contributed by atoms with Crippen LogP contribution in [0.1, 0.15) is 82.8 Å². The average Bonchev–Trinajstić information content (AvgIpc) is 2.84. The van der Waals surface area contributed by atoms with Crippen LogP contribution in [0.2, 0.25) is 0 Å². The molecule has 1 saturated carbocycles. The molecule has 2 atom stereocenters. The molecule has 6 heteroatoms. The lowest BCUT2D eigenvalue weighted by Gasteiger charge is -2.44. The third-order valence-corrected chi connectivity index (χ3v) is 8.14. The zero-order valence-electron chi connectivity index (χ0n) is 22.3. The van der Waals surface area contributed by atoms with E-state index in [0.29, 0.717) is 43.3 Å². The third kappa shape index (κ3) is 6.99. The molecule has 1 aromatic carbocycles. The van der Waals surface area contributed by atoms with E-state index in [2.05, 4.69) is 41.0 Å². The lowest BCUT2D eigenvalue weighted by Crippen LogP contribution is -2.55. The highest BCUT2D eigenvalue weighted by Gasteiger charge is 2.36. The number of hydrogen-bond donors (Lipinski definition) is 0. The Bertz CT molecular complexity index is 847. The number of carbonyl (C=O) groups excluding carboxylic acids is 2. The van der Waals surface area contributed by atoms with E-state index in [1.807, 2.05) is 25.7 Å². The molecule has 0 bridgehead atoms. The molecule has 2 heterocycles. The van der Waals surface area contributed by atoms with Crippen molar-refractivity contribution in [2.24, 2.45) is 5.92 Å². The fraction of sp³-hybridized carbons (Fsp3) is 0.724. The van der Waals surface area contributed by atoms with E-state index < -0.39 is 5.60 Å². The minimum atomic E-state index is -0.461. The van der Waals surface area contributed by atoms with Gasteiger partial charge in [0.1, 0.15) is 5.60 Å². The first-order valence-electron chi connectivity index (χ1n) is 13.8. The Morgan fingerprint density at radius 1 is 0.857 bits per heavy atom. The summed E-state index contributed by atoms with van der Waals surface area (Å²) in [5, 5.41) is 0. The van der Waals surface area contributed by atoms with Crippen molar-refractivity contribution >= 4 is 12.0 Å². The van der Waals surface area contributed by atoms with E-state index in [1.54, 1.807) is 0 Å². The number of rotatable bonds is 4. The maximum Gasteiger partial charge on any atom is 0.410 e. The molecule has 6 nitrogen and oxygen atoms in total. The monoisotopic (exact) mass is 483 g/mol. The van der Waals surface area contributed by atoms with Crippen LogP contribution < -0.4 is 0 Å². The zero-order chi connectivity index (χ0) is 25.0. The van der Waals surface area contributed by atoms with E-state index in [0.717, 1.165) is 45.4 Å². The summed E-state index contributed by atoms with van der Waals surface area (Å²) in [4.78, 5) is 32.2. The SMILES string of the molecule is Cc1ccc(C2CCN(C(=O)CC3CCCCC3N3CCN(C(=O)OC(C)(C)C)CC3)CC2)cc1. The number of hydrogen-bond acceptors (Lipinski definition) is 4. The predicted octanol–water partition coefficient (Wildman–Crippen LogP) is 5.20. The lowest BCUT2D eigenvalue weighted by molar-refractivity contribution is -0.134. The van der Waals surface area contributed by atoms with Crippen molar-refractivity contribution in [1.82, 2.24) is 14.7 Å². The van der Waals surface area contributed by atoms with Crippen molar-refractivity contribution in [2.45, 2.75) is 90.2 Å². The number of ether oxygens (including phenoxy) is 1. The Hall–Kier alpha value is -2.08. The second-order valence-electron chi connectivity index (χ2n) is 11.9. The minimum absolute atomic E-state index is 0.207. The van der Waals surface area contributed by atoms with Crippen molar-refractivity contribution in [3.8, 4) is 0 Å². The summed E-state index contributed by atoms with van der Waals surface area (Å²) in [6.45, 7) is 12.8. The second-order valence-corrected chi connectivity index (χ2v) is 11.9. The van der Waals surface area contributed by atoms with Gasteiger partial charge in [0.15, 0.2) is 0 Å². The van der Waals surface area contributed by atoms with Gasteiger partial charge in [-0.15, -0.1) is 0 Å². The van der Waals surface area contributed by atoms with E-state index in [1.165, 1.54) is 30.4 Å². The summed E-state index contributed by atoms with van der Waals surface area (Å²) in [5.74, 6) is 1.35. The van der Waals surface area contributed by atoms with Crippen molar-refractivity contribution in [3.63, 3.8) is 0 Å². The van der Waals surface area contributed by atoms with Gasteiger partial charge in [0.05, 0.1) is 0 Å². The molecule has 194 valence electrons. The van der Waals surface area contributed by atoms with Crippen molar-refractivity contribution in [3.05, 3.63) is 35.4 Å². The number of amides is 2. The van der Waals surface area contributed by atoms with Crippen LogP contribution in [-0.2, 0) is 9.53 Å². The lowest BCUT2D eigenvalue weighted by atomic mass is 9.80. The Kier molecular flexibility index (Phi) is 8.41. The van der Waals surface area contributed by atoms with Crippen LogP contribution in [0.25, 0.3) is 0 Å². The molecule has 1 aromatic rings. The van der Waals surface area contributed by atoms with Gasteiger partial charge in [-0.25, -0.2) is 4.79 Å². The smallest absolute Gasteiger partial charge is 0.410 e. The summed E-state index contributed by atoms with van der Waals surface area (Å²) in [6.07, 6.45) is 7.37. The first kappa shape index (κ1) is 26.0. The highest BCUT2D eigenvalue weighted by Crippen LogP contribution is 2.34. The van der Waals surface area contributed by atoms with Crippen LogP contribution >= 0.6 is 0 Å². The van der Waals surface area contributed by atoms with Crippen LogP contribution in [0.5, 0.6) is 0 Å². The number of aryl methyl sites for hydroxylation is 1. The van der Waals surface area contributed by atoms with Gasteiger partial charge in [-0.1, -0.05) is 42.7 Å². The molecule has 3 fully saturated rings. The molecular formula is C29H45N3O3. The molecule has 2 aliphatic heterocycles. The molecule has 35 heavy (non-hydrogen) atoms. The molecular weight excluding hydrogens is 438 g/mol. The molecule has 3 aliphatic rings. The van der Waals surface area contributed by atoms with Crippen molar-refractivity contribution in [2.75, 3.05) is 39.3 Å². The van der Waals surface area contributed by atoms with Crippen LogP contribution in [0.15, 0.2) is 24.3 Å². The first-order chi connectivity index (χ1) is 16.7. The van der Waals surface area contributed by atoms with E-state index >= 15 is 0 Å². The molecule has 0 spiro atoms. The van der Waals surface area contributed by atoms with Gasteiger partial charge in [0.2, 0.25) is 5.91 Å². The third-order valence-electron chi connectivity index (χ3n) is 8.14. The second kappa shape index (κ2) is 11.3. The Morgan fingerprint density at radius 2 is 1.49 bits per heavy atom. The number of carbonyl (C=O) groups is 2. The van der Waals surface area contributed by atoms with Crippen molar-refractivity contribution in [1.29, 1.82) is 0 Å². The standard InChI is InChI=1S/C29H45N3O3/c1-22-9-11-23(12-10-22)24-13-15-31(16-14-24)27(33)21-25-7-5-6-8-26(25)30-17-19-32(20-18-30)28(34)35-29(2,3)4/h9-12,24-26H,5-8,13-21H2,1-4H3. The Labute approximate surface area is 212 Å². The average molecular weight is 484 g/mol. The molecule has 2 amide bonds. The van der Waals surface area contributed by atoms with E-state index in [9.17, 15) is 9.59 Å². The van der Waals surface area contributed by atoms with E-state index in [-0.39, 0.29) is 6.09 Å². The quantitative estimate of drug-likeness (QED) is 0.590. The fourth-order valence-corrected chi connectivity index (χ4v) is 6.12. The zero-order valence-corrected chi connectivity index (χ0v) is 22.3. The summed E-state index contributed by atoms with van der Waals surface area (Å²) < 4.78 is 5.56.